The van der Waals surface area contributed by atoms with Crippen LogP contribution in [0.25, 0.3) is 22.2 Å². The van der Waals surface area contributed by atoms with Crippen molar-refractivity contribution in [3.05, 3.63) is 91.5 Å². The molecule has 4 aromatic rings. The molecule has 0 bridgehead atoms. The van der Waals surface area contributed by atoms with E-state index in [4.69, 9.17) is 0 Å². The first kappa shape index (κ1) is 24.8. The zero-order chi connectivity index (χ0) is 25.8. The van der Waals surface area contributed by atoms with Crippen LogP contribution >= 0.6 is 11.8 Å². The van der Waals surface area contributed by atoms with Crippen molar-refractivity contribution in [2.45, 2.75) is 30.0 Å². The molecule has 1 N–H and O–H groups in total. The average molecular weight is 511 g/mol. The molecule has 0 spiro atoms. The second kappa shape index (κ2) is 10.6. The van der Waals surface area contributed by atoms with Gasteiger partial charge in [-0.25, -0.2) is 4.98 Å². The molecule has 7 heteroatoms. The van der Waals surface area contributed by atoms with E-state index in [1.165, 1.54) is 11.8 Å². The first-order chi connectivity index (χ1) is 18.0. The quantitative estimate of drug-likeness (QED) is 0.236. The van der Waals surface area contributed by atoms with Gasteiger partial charge >= 0.3 is 0 Å². The Kier molecular flexibility index (Phi) is 7.15. The molecule has 0 saturated carbocycles. The summed E-state index contributed by atoms with van der Waals surface area (Å²) in [5, 5.41) is 3.94. The summed E-state index contributed by atoms with van der Waals surface area (Å²) in [5.74, 6) is -0.0264. The Morgan fingerprint density at radius 2 is 1.78 bits per heavy atom. The number of nitrogens with zero attached hydrogens (tertiary/aromatic N) is 3. The highest BCUT2D eigenvalue weighted by molar-refractivity contribution is 7.99. The molecule has 1 fully saturated rings. The fraction of sp³-hybridized carbons (Fsp3) is 0.233. The molecule has 1 atom stereocenters. The van der Waals surface area contributed by atoms with Crippen LogP contribution in [-0.2, 0) is 16.6 Å². The smallest absolute Gasteiger partial charge is 0.250 e. The second-order valence-electron chi connectivity index (χ2n) is 9.27. The number of imidazole rings is 1. The van der Waals surface area contributed by atoms with E-state index in [1.54, 1.807) is 11.0 Å². The largest absolute Gasteiger partial charge is 0.327 e. The minimum absolute atomic E-state index is 0.0668. The zero-order valence-corrected chi connectivity index (χ0v) is 21.7. The zero-order valence-electron chi connectivity index (χ0n) is 20.9. The number of amides is 2. The number of hydrogen-bond acceptors (Lipinski definition) is 4. The summed E-state index contributed by atoms with van der Waals surface area (Å²) in [7, 11) is 1.96. The lowest BCUT2D eigenvalue weighted by Crippen LogP contribution is -2.55. The lowest BCUT2D eigenvalue weighted by atomic mass is 9.90. The van der Waals surface area contributed by atoms with Gasteiger partial charge < -0.3 is 14.8 Å². The molecule has 0 aliphatic carbocycles. The van der Waals surface area contributed by atoms with Crippen LogP contribution in [0.5, 0.6) is 0 Å². The number of anilines is 1. The van der Waals surface area contributed by atoms with Crippen molar-refractivity contribution in [2.75, 3.05) is 17.6 Å². The van der Waals surface area contributed by atoms with Gasteiger partial charge in [-0.05, 0) is 43.0 Å². The maximum absolute atomic E-state index is 13.9. The lowest BCUT2D eigenvalue weighted by molar-refractivity contribution is -0.140. The van der Waals surface area contributed by atoms with E-state index in [1.807, 2.05) is 90.5 Å². The highest BCUT2D eigenvalue weighted by Crippen LogP contribution is 2.37. The molecule has 1 aliphatic heterocycles. The van der Waals surface area contributed by atoms with Gasteiger partial charge in [-0.2, -0.15) is 0 Å². The third-order valence-electron chi connectivity index (χ3n) is 7.03. The molecule has 2 heterocycles. The maximum Gasteiger partial charge on any atom is 0.250 e. The van der Waals surface area contributed by atoms with Gasteiger partial charge in [0.25, 0.3) is 5.91 Å². The molecule has 5 rings (SSSR count). The summed E-state index contributed by atoms with van der Waals surface area (Å²) in [6.07, 6.45) is 3.51. The summed E-state index contributed by atoms with van der Waals surface area (Å²) in [5.41, 5.74) is 3.66. The van der Waals surface area contributed by atoms with E-state index in [-0.39, 0.29) is 17.6 Å². The van der Waals surface area contributed by atoms with Gasteiger partial charge in [-0.3, -0.25) is 9.59 Å². The van der Waals surface area contributed by atoms with Gasteiger partial charge in [-0.15, -0.1) is 6.58 Å². The van der Waals surface area contributed by atoms with E-state index in [2.05, 4.69) is 16.9 Å². The molecule has 37 heavy (non-hydrogen) atoms. The van der Waals surface area contributed by atoms with Crippen molar-refractivity contribution in [1.82, 2.24) is 14.5 Å². The maximum atomic E-state index is 13.9. The van der Waals surface area contributed by atoms with E-state index in [9.17, 15) is 9.59 Å². The Hall–Kier alpha value is -3.84. The number of rotatable bonds is 8. The summed E-state index contributed by atoms with van der Waals surface area (Å²) < 4.78 is 2.00. The standard InChI is InChI=1S/C30H30N4O2S/c1-3-18-30(28(36)31-24-15-8-7-14-23(24)22-12-5-4-6-13-22)19-11-20-34(30)27(35)21-37-29-32-25-16-9-10-17-26(25)33(29)2/h3-10,12-17H,1,11,18-21H2,2H3,(H,31,36)/t30-/m0/s1. The number of fused-ring (bicyclic) bond motifs is 1. The summed E-state index contributed by atoms with van der Waals surface area (Å²) in [6.45, 7) is 4.46. The highest BCUT2D eigenvalue weighted by Gasteiger charge is 2.48. The Morgan fingerprint density at radius 1 is 1.05 bits per heavy atom. The number of carbonyl (C=O) groups excluding carboxylic acids is 2. The SMILES string of the molecule is C=CC[C@@]1(C(=O)Nc2ccccc2-c2ccccc2)CCCN1C(=O)CSc1nc2ccccc2n1C. The van der Waals surface area contributed by atoms with Crippen LogP contribution in [0.15, 0.2) is 96.7 Å². The summed E-state index contributed by atoms with van der Waals surface area (Å²) >= 11 is 1.41. The minimum Gasteiger partial charge on any atom is -0.327 e. The number of aryl methyl sites for hydroxylation is 1. The van der Waals surface area contributed by atoms with E-state index in [0.29, 0.717) is 19.4 Å². The van der Waals surface area contributed by atoms with Crippen LogP contribution in [-0.4, -0.2) is 44.1 Å². The fourth-order valence-corrected chi connectivity index (χ4v) is 6.04. The predicted octanol–water partition coefficient (Wildman–Crippen LogP) is 5.91. The van der Waals surface area contributed by atoms with Crippen LogP contribution in [0.2, 0.25) is 0 Å². The Morgan fingerprint density at radius 3 is 2.57 bits per heavy atom. The highest BCUT2D eigenvalue weighted by atomic mass is 32.2. The number of benzene rings is 3. The topological polar surface area (TPSA) is 67.2 Å². The molecule has 1 saturated heterocycles. The van der Waals surface area contributed by atoms with Crippen LogP contribution in [0.4, 0.5) is 5.69 Å². The minimum atomic E-state index is -0.963. The van der Waals surface area contributed by atoms with E-state index in [0.717, 1.165) is 39.4 Å². The monoisotopic (exact) mass is 510 g/mol. The third-order valence-corrected chi connectivity index (χ3v) is 8.04. The van der Waals surface area contributed by atoms with Crippen molar-refractivity contribution < 1.29 is 9.59 Å². The van der Waals surface area contributed by atoms with Crippen LogP contribution < -0.4 is 5.32 Å². The number of likely N-dealkylation sites (tertiary alicyclic amines) is 1. The van der Waals surface area contributed by atoms with E-state index >= 15 is 0 Å². The Bertz CT molecular complexity index is 1450. The first-order valence-electron chi connectivity index (χ1n) is 12.4. The molecule has 2 amide bonds. The van der Waals surface area contributed by atoms with Gasteiger partial charge in [0.15, 0.2) is 5.16 Å². The molecule has 0 radical (unpaired) electrons. The first-order valence-corrected chi connectivity index (χ1v) is 13.4. The molecule has 0 unspecified atom stereocenters. The summed E-state index contributed by atoms with van der Waals surface area (Å²) in [4.78, 5) is 33.9. The molecule has 188 valence electrons. The van der Waals surface area contributed by atoms with Crippen LogP contribution in [0, 0.1) is 0 Å². The van der Waals surface area contributed by atoms with E-state index < -0.39 is 5.54 Å². The van der Waals surface area contributed by atoms with Crippen LogP contribution in [0.1, 0.15) is 19.3 Å². The third kappa shape index (κ3) is 4.79. The molecule has 3 aromatic carbocycles. The Balaban J connectivity index is 1.37. The normalized spacial score (nSPS) is 17.2. The number of para-hydroxylation sites is 3. The van der Waals surface area contributed by atoms with Crippen molar-refractivity contribution in [2.24, 2.45) is 7.05 Å². The van der Waals surface area contributed by atoms with Crippen molar-refractivity contribution >= 4 is 40.3 Å². The molecule has 1 aliphatic rings. The van der Waals surface area contributed by atoms with Crippen molar-refractivity contribution in [3.8, 4) is 11.1 Å². The lowest BCUT2D eigenvalue weighted by Gasteiger charge is -2.36. The molecule has 6 nitrogen and oxygen atoms in total. The van der Waals surface area contributed by atoms with Gasteiger partial charge in [-0.1, -0.05) is 78.5 Å². The number of nitrogens with one attached hydrogen (secondary N) is 1. The van der Waals surface area contributed by atoms with Gasteiger partial charge in [0, 0.05) is 24.8 Å². The van der Waals surface area contributed by atoms with Crippen LogP contribution in [0.3, 0.4) is 0 Å². The number of hydrogen-bond donors (Lipinski definition) is 1. The molecular formula is C30H30N4O2S. The van der Waals surface area contributed by atoms with Crippen molar-refractivity contribution in [1.29, 1.82) is 0 Å². The van der Waals surface area contributed by atoms with Gasteiger partial charge in [0.05, 0.1) is 16.8 Å². The van der Waals surface area contributed by atoms with Crippen molar-refractivity contribution in [3.63, 3.8) is 0 Å². The molecule has 1 aromatic heterocycles. The van der Waals surface area contributed by atoms with Gasteiger partial charge in [0.2, 0.25) is 5.91 Å². The Labute approximate surface area is 221 Å². The summed E-state index contributed by atoms with van der Waals surface area (Å²) in [6, 6.07) is 25.7. The predicted molar refractivity (Wildman–Crippen MR) is 150 cm³/mol. The number of aromatic nitrogens is 2. The number of thioether (sulfide) groups is 1. The van der Waals surface area contributed by atoms with Gasteiger partial charge in [0.1, 0.15) is 5.54 Å². The second-order valence-corrected chi connectivity index (χ2v) is 10.2. The average Bonchev–Trinajstić information content (AvgIpc) is 3.50. The molecular weight excluding hydrogens is 480 g/mol. The fourth-order valence-electron chi connectivity index (χ4n) is 5.18. The number of carbonyl (C=O) groups is 2.